The second-order valence-corrected chi connectivity index (χ2v) is 8.80. The minimum atomic E-state index is -0.373. The molecule has 5 nitrogen and oxygen atoms in total. The van der Waals surface area contributed by atoms with Gasteiger partial charge in [0, 0.05) is 25.7 Å². The van der Waals surface area contributed by atoms with Crippen LogP contribution in [0.25, 0.3) is 0 Å². The number of likely N-dealkylation sites (N-methyl/N-ethyl adjacent to an activating group) is 1. The first-order valence-corrected chi connectivity index (χ1v) is 10.3. The molecule has 27 heavy (non-hydrogen) atoms. The Morgan fingerprint density at radius 1 is 1.15 bits per heavy atom. The van der Waals surface area contributed by atoms with E-state index < -0.39 is 0 Å². The van der Waals surface area contributed by atoms with Crippen LogP contribution in [0.3, 0.4) is 0 Å². The predicted octanol–water partition coefficient (Wildman–Crippen LogP) is 2.71. The van der Waals surface area contributed by atoms with Gasteiger partial charge in [-0.15, -0.1) is 0 Å². The Hall–Kier alpha value is -1.66. The summed E-state index contributed by atoms with van der Waals surface area (Å²) >= 11 is 5.55. The first-order chi connectivity index (χ1) is 12.8. The third-order valence-corrected chi connectivity index (χ3v) is 5.38. The van der Waals surface area contributed by atoms with Crippen molar-refractivity contribution < 1.29 is 4.79 Å². The summed E-state index contributed by atoms with van der Waals surface area (Å²) in [4.78, 5) is 12.2. The van der Waals surface area contributed by atoms with Gasteiger partial charge in [-0.05, 0) is 36.0 Å². The molecule has 1 aliphatic rings. The molecule has 1 aliphatic carbocycles. The summed E-state index contributed by atoms with van der Waals surface area (Å²) in [6, 6.07) is 10.7. The maximum absolute atomic E-state index is 12.2. The number of carbonyl (C=O) groups excluding carboxylic acids is 1. The van der Waals surface area contributed by atoms with E-state index in [1.807, 2.05) is 26.8 Å². The molecule has 1 aromatic carbocycles. The Morgan fingerprint density at radius 2 is 1.78 bits per heavy atom. The summed E-state index contributed by atoms with van der Waals surface area (Å²) in [5, 5.41) is 13.7. The fourth-order valence-corrected chi connectivity index (χ4v) is 3.82. The van der Waals surface area contributed by atoms with E-state index in [2.05, 4.69) is 45.5 Å². The van der Waals surface area contributed by atoms with Crippen molar-refractivity contribution in [2.45, 2.75) is 71.1 Å². The van der Waals surface area contributed by atoms with Crippen LogP contribution in [0.2, 0.25) is 0 Å². The van der Waals surface area contributed by atoms with Gasteiger partial charge in [0.15, 0.2) is 5.11 Å². The highest BCUT2D eigenvalue weighted by molar-refractivity contribution is 7.80. The van der Waals surface area contributed by atoms with Gasteiger partial charge in [0.25, 0.3) is 0 Å². The number of nitrogens with one attached hydrogen (secondary N) is 4. The quantitative estimate of drug-likeness (QED) is 0.563. The number of amides is 1. The normalized spacial score (nSPS) is 21.2. The molecule has 150 valence electrons. The minimum absolute atomic E-state index is 0.0472. The Kier molecular flexibility index (Phi) is 8.05. The molecule has 6 heteroatoms. The zero-order valence-electron chi connectivity index (χ0n) is 17.0. The molecule has 0 spiro atoms. The van der Waals surface area contributed by atoms with Crippen LogP contribution in [-0.4, -0.2) is 36.2 Å². The Balaban J connectivity index is 1.93. The van der Waals surface area contributed by atoms with E-state index in [-0.39, 0.29) is 23.4 Å². The zero-order valence-corrected chi connectivity index (χ0v) is 17.8. The van der Waals surface area contributed by atoms with Crippen LogP contribution in [0.1, 0.15) is 52.0 Å². The van der Waals surface area contributed by atoms with Crippen LogP contribution in [0, 0.1) is 5.41 Å². The van der Waals surface area contributed by atoms with Gasteiger partial charge < -0.3 is 21.3 Å². The van der Waals surface area contributed by atoms with Crippen LogP contribution in [0.5, 0.6) is 0 Å². The lowest BCUT2D eigenvalue weighted by Gasteiger charge is -2.36. The summed E-state index contributed by atoms with van der Waals surface area (Å²) in [7, 11) is 1.66. The van der Waals surface area contributed by atoms with Crippen molar-refractivity contribution in [2.24, 2.45) is 5.41 Å². The highest BCUT2D eigenvalue weighted by Gasteiger charge is 2.32. The molecule has 4 N–H and O–H groups in total. The van der Waals surface area contributed by atoms with Gasteiger partial charge in [0.2, 0.25) is 5.91 Å². The van der Waals surface area contributed by atoms with E-state index in [9.17, 15) is 4.79 Å². The van der Waals surface area contributed by atoms with Crippen LogP contribution in [0.4, 0.5) is 0 Å². The molecule has 0 aromatic heterocycles. The average molecular weight is 391 g/mol. The topological polar surface area (TPSA) is 65.2 Å². The first-order valence-electron chi connectivity index (χ1n) is 9.87. The lowest BCUT2D eigenvalue weighted by atomic mass is 9.86. The smallest absolute Gasteiger partial charge is 0.242 e. The van der Waals surface area contributed by atoms with Crippen LogP contribution < -0.4 is 21.3 Å². The maximum Gasteiger partial charge on any atom is 0.242 e. The largest absolute Gasteiger partial charge is 0.358 e. The Labute approximate surface area is 169 Å². The molecule has 2 rings (SSSR count). The zero-order chi connectivity index (χ0) is 19.9. The maximum atomic E-state index is 12.2. The van der Waals surface area contributed by atoms with Gasteiger partial charge in [0.05, 0.1) is 0 Å². The second-order valence-electron chi connectivity index (χ2n) is 8.40. The molecule has 1 aromatic rings. The molecule has 0 heterocycles. The third-order valence-electron chi connectivity index (χ3n) is 5.14. The van der Waals surface area contributed by atoms with Gasteiger partial charge in [-0.3, -0.25) is 4.79 Å². The van der Waals surface area contributed by atoms with Crippen molar-refractivity contribution in [1.82, 2.24) is 21.3 Å². The molecule has 1 unspecified atom stereocenters. The number of thiocarbonyl (C=S) groups is 1. The van der Waals surface area contributed by atoms with E-state index in [1.165, 1.54) is 18.4 Å². The summed E-state index contributed by atoms with van der Waals surface area (Å²) in [5.41, 5.74) is 1.05. The standard InChI is InChI=1S/C21H34N4OS/c1-21(2,3)18(19(26)22-4)25-20(27)24-17-13-9-8-12-16(17)23-14-15-10-6-5-7-11-15/h5-7,10-11,16-18,23H,8-9,12-14H2,1-4H3,(H,22,26)(H2,24,25,27)/t16-,17-,18?/m1/s1. The molecule has 0 aliphatic heterocycles. The van der Waals surface area contributed by atoms with Gasteiger partial charge >= 0.3 is 0 Å². The molecular formula is C21H34N4OS. The molecule has 3 atom stereocenters. The van der Waals surface area contributed by atoms with Gasteiger partial charge in [0.1, 0.15) is 6.04 Å². The number of benzene rings is 1. The van der Waals surface area contributed by atoms with Crippen LogP contribution >= 0.6 is 12.2 Å². The van der Waals surface area contributed by atoms with Crippen molar-refractivity contribution in [3.8, 4) is 0 Å². The summed E-state index contributed by atoms with van der Waals surface area (Å²) in [6.45, 7) is 6.96. The summed E-state index contributed by atoms with van der Waals surface area (Å²) in [6.07, 6.45) is 4.63. The lowest BCUT2D eigenvalue weighted by molar-refractivity contribution is -0.124. The predicted molar refractivity (Wildman–Crippen MR) is 116 cm³/mol. The molecule has 1 amide bonds. The fourth-order valence-electron chi connectivity index (χ4n) is 3.55. The van der Waals surface area contributed by atoms with Crippen molar-refractivity contribution in [3.63, 3.8) is 0 Å². The van der Waals surface area contributed by atoms with Crippen molar-refractivity contribution >= 4 is 23.2 Å². The van der Waals surface area contributed by atoms with E-state index in [1.54, 1.807) is 7.05 Å². The SMILES string of the molecule is CNC(=O)C(NC(=S)N[C@@H]1CCCC[C@H]1NCc1ccccc1)C(C)(C)C. The monoisotopic (exact) mass is 390 g/mol. The number of rotatable bonds is 6. The number of hydrogen-bond donors (Lipinski definition) is 4. The first kappa shape index (κ1) is 21.6. The van der Waals surface area contributed by atoms with Gasteiger partial charge in [-0.1, -0.05) is 63.9 Å². The van der Waals surface area contributed by atoms with Crippen LogP contribution in [-0.2, 0) is 11.3 Å². The molecule has 0 saturated heterocycles. The molecule has 0 bridgehead atoms. The Morgan fingerprint density at radius 3 is 2.37 bits per heavy atom. The molecule has 0 radical (unpaired) electrons. The number of carbonyl (C=O) groups is 1. The highest BCUT2D eigenvalue weighted by Crippen LogP contribution is 2.21. The summed E-state index contributed by atoms with van der Waals surface area (Å²) < 4.78 is 0. The van der Waals surface area contributed by atoms with Gasteiger partial charge in [-0.2, -0.15) is 0 Å². The molecule has 1 fully saturated rings. The Bertz CT molecular complexity index is 614. The highest BCUT2D eigenvalue weighted by atomic mass is 32.1. The van der Waals surface area contributed by atoms with E-state index in [0.717, 1.165) is 19.4 Å². The molecular weight excluding hydrogens is 356 g/mol. The van der Waals surface area contributed by atoms with Crippen molar-refractivity contribution in [2.75, 3.05) is 7.05 Å². The lowest BCUT2D eigenvalue weighted by Crippen LogP contribution is -2.59. The van der Waals surface area contributed by atoms with E-state index >= 15 is 0 Å². The van der Waals surface area contributed by atoms with Crippen molar-refractivity contribution in [3.05, 3.63) is 35.9 Å². The molecule has 1 saturated carbocycles. The van der Waals surface area contributed by atoms with Crippen LogP contribution in [0.15, 0.2) is 30.3 Å². The third kappa shape index (κ3) is 6.78. The number of hydrogen-bond acceptors (Lipinski definition) is 3. The summed E-state index contributed by atoms with van der Waals surface area (Å²) in [5.74, 6) is -0.0472. The second kappa shape index (κ2) is 10.0. The van der Waals surface area contributed by atoms with Gasteiger partial charge in [-0.25, -0.2) is 0 Å². The van der Waals surface area contributed by atoms with E-state index in [4.69, 9.17) is 12.2 Å². The average Bonchev–Trinajstić information content (AvgIpc) is 2.65. The minimum Gasteiger partial charge on any atom is -0.358 e. The van der Waals surface area contributed by atoms with Crippen molar-refractivity contribution in [1.29, 1.82) is 0 Å². The van der Waals surface area contributed by atoms with E-state index in [0.29, 0.717) is 11.2 Å². The fraction of sp³-hybridized carbons (Fsp3) is 0.619.